The average molecular weight is 326 g/mol. The zero-order valence-corrected chi connectivity index (χ0v) is 13.5. The molecule has 1 N–H and O–H groups in total. The van der Waals surface area contributed by atoms with Gasteiger partial charge in [0, 0.05) is 22.7 Å². The molecule has 0 saturated heterocycles. The Morgan fingerprint density at radius 2 is 1.91 bits per heavy atom. The van der Waals surface area contributed by atoms with Crippen molar-refractivity contribution in [2.24, 2.45) is 0 Å². The smallest absolute Gasteiger partial charge is 0.224 e. The number of carbonyl (C=O) groups is 1. The third-order valence-electron chi connectivity index (χ3n) is 3.45. The summed E-state index contributed by atoms with van der Waals surface area (Å²) in [7, 11) is 0. The Bertz CT molecular complexity index is 847. The molecule has 3 aromatic rings. The van der Waals surface area contributed by atoms with E-state index in [4.69, 9.17) is 11.6 Å². The van der Waals surface area contributed by atoms with Crippen molar-refractivity contribution in [3.63, 3.8) is 0 Å². The van der Waals surface area contributed by atoms with Gasteiger partial charge in [-0.05, 0) is 36.8 Å². The van der Waals surface area contributed by atoms with Crippen LogP contribution in [0.5, 0.6) is 0 Å². The zero-order valence-electron chi connectivity index (χ0n) is 12.7. The van der Waals surface area contributed by atoms with Crippen LogP contribution in [0.15, 0.2) is 48.7 Å². The van der Waals surface area contributed by atoms with E-state index in [9.17, 15) is 4.79 Å². The van der Waals surface area contributed by atoms with E-state index in [2.05, 4.69) is 15.3 Å². The molecular formula is C18H16ClN3O. The number of aromatic nitrogens is 2. The van der Waals surface area contributed by atoms with Crippen molar-refractivity contribution in [1.29, 1.82) is 0 Å². The number of rotatable bonds is 4. The minimum atomic E-state index is 0.0302. The highest BCUT2D eigenvalue weighted by Gasteiger charge is 2.05. The van der Waals surface area contributed by atoms with Crippen LogP contribution in [0.1, 0.15) is 19.8 Å². The Morgan fingerprint density at radius 3 is 2.65 bits per heavy atom. The average Bonchev–Trinajstić information content (AvgIpc) is 2.55. The second kappa shape index (κ2) is 6.75. The molecule has 0 atom stereocenters. The molecule has 0 unspecified atom stereocenters. The van der Waals surface area contributed by atoms with E-state index in [1.54, 1.807) is 18.3 Å². The monoisotopic (exact) mass is 325 g/mol. The van der Waals surface area contributed by atoms with Crippen LogP contribution in [0.4, 0.5) is 5.69 Å². The summed E-state index contributed by atoms with van der Waals surface area (Å²) < 4.78 is 0. The van der Waals surface area contributed by atoms with Gasteiger partial charge in [-0.25, -0.2) is 4.98 Å². The molecule has 0 fully saturated rings. The fourth-order valence-corrected chi connectivity index (χ4v) is 2.46. The fourth-order valence-electron chi connectivity index (χ4n) is 2.30. The van der Waals surface area contributed by atoms with Crippen LogP contribution in [0.2, 0.25) is 5.02 Å². The van der Waals surface area contributed by atoms with E-state index in [-0.39, 0.29) is 5.91 Å². The van der Waals surface area contributed by atoms with E-state index in [1.807, 2.05) is 37.3 Å². The molecule has 1 heterocycles. The van der Waals surface area contributed by atoms with Crippen LogP contribution in [-0.2, 0) is 4.79 Å². The second-order valence-electron chi connectivity index (χ2n) is 5.26. The normalized spacial score (nSPS) is 10.7. The number of carbonyl (C=O) groups excluding carboxylic acids is 1. The second-order valence-corrected chi connectivity index (χ2v) is 5.70. The SMILES string of the molecule is CCCC(=O)Nc1ccc(-c2cnc3cc(Cl)ccc3n2)cc1. The molecule has 0 radical (unpaired) electrons. The van der Waals surface area contributed by atoms with Gasteiger partial charge in [0.25, 0.3) is 0 Å². The van der Waals surface area contributed by atoms with E-state index >= 15 is 0 Å². The highest BCUT2D eigenvalue weighted by molar-refractivity contribution is 6.31. The molecule has 0 bridgehead atoms. The maximum absolute atomic E-state index is 11.6. The molecule has 1 amide bonds. The minimum absolute atomic E-state index is 0.0302. The van der Waals surface area contributed by atoms with Gasteiger partial charge >= 0.3 is 0 Å². The summed E-state index contributed by atoms with van der Waals surface area (Å²) in [5.74, 6) is 0.0302. The molecule has 0 aliphatic carbocycles. The van der Waals surface area contributed by atoms with Gasteiger partial charge in [-0.15, -0.1) is 0 Å². The molecule has 23 heavy (non-hydrogen) atoms. The predicted octanol–water partition coefficient (Wildman–Crippen LogP) is 4.69. The van der Waals surface area contributed by atoms with Crippen molar-refractivity contribution in [2.45, 2.75) is 19.8 Å². The lowest BCUT2D eigenvalue weighted by Gasteiger charge is -2.06. The summed E-state index contributed by atoms with van der Waals surface area (Å²) in [5, 5.41) is 3.51. The molecule has 0 spiro atoms. The van der Waals surface area contributed by atoms with Crippen LogP contribution in [0.3, 0.4) is 0 Å². The number of fused-ring (bicyclic) bond motifs is 1. The predicted molar refractivity (Wildman–Crippen MR) is 93.5 cm³/mol. The third-order valence-corrected chi connectivity index (χ3v) is 3.68. The summed E-state index contributed by atoms with van der Waals surface area (Å²) in [5.41, 5.74) is 4.08. The molecule has 0 saturated carbocycles. The Kier molecular flexibility index (Phi) is 4.53. The van der Waals surface area contributed by atoms with Gasteiger partial charge in [0.15, 0.2) is 0 Å². The minimum Gasteiger partial charge on any atom is -0.326 e. The Labute approximate surface area is 139 Å². The van der Waals surface area contributed by atoms with Gasteiger partial charge in [0.05, 0.1) is 22.9 Å². The van der Waals surface area contributed by atoms with Crippen molar-refractivity contribution in [3.8, 4) is 11.3 Å². The quantitative estimate of drug-likeness (QED) is 0.757. The first kappa shape index (κ1) is 15.4. The van der Waals surface area contributed by atoms with Crippen LogP contribution < -0.4 is 5.32 Å². The molecule has 1 aromatic heterocycles. The Hall–Kier alpha value is -2.46. The van der Waals surface area contributed by atoms with Crippen LogP contribution in [-0.4, -0.2) is 15.9 Å². The maximum Gasteiger partial charge on any atom is 0.224 e. The molecule has 2 aromatic carbocycles. The number of nitrogens with one attached hydrogen (secondary N) is 1. The number of anilines is 1. The first-order valence-corrected chi connectivity index (χ1v) is 7.86. The van der Waals surface area contributed by atoms with Gasteiger partial charge in [-0.2, -0.15) is 0 Å². The number of amides is 1. The van der Waals surface area contributed by atoms with Gasteiger partial charge in [-0.1, -0.05) is 30.7 Å². The van der Waals surface area contributed by atoms with Gasteiger partial charge in [-0.3, -0.25) is 9.78 Å². The Morgan fingerprint density at radius 1 is 1.13 bits per heavy atom. The summed E-state index contributed by atoms with van der Waals surface area (Å²) in [6.07, 6.45) is 3.09. The van der Waals surface area contributed by atoms with Gasteiger partial charge in [0.2, 0.25) is 5.91 Å². The largest absolute Gasteiger partial charge is 0.326 e. The molecule has 0 aliphatic heterocycles. The van der Waals surface area contributed by atoms with Crippen LogP contribution >= 0.6 is 11.6 Å². The zero-order chi connectivity index (χ0) is 16.2. The van der Waals surface area contributed by atoms with Crippen molar-refractivity contribution in [1.82, 2.24) is 9.97 Å². The standard InChI is InChI=1S/C18H16ClN3O/c1-2-3-18(23)21-14-7-4-12(5-8-14)17-11-20-16-10-13(19)6-9-15(16)22-17/h4-11H,2-3H2,1H3,(H,21,23). The summed E-state index contributed by atoms with van der Waals surface area (Å²) >= 11 is 5.95. The van der Waals surface area contributed by atoms with Crippen molar-refractivity contribution >= 4 is 34.2 Å². The molecule has 3 rings (SSSR count). The van der Waals surface area contributed by atoms with E-state index in [0.29, 0.717) is 11.4 Å². The van der Waals surface area contributed by atoms with Crippen LogP contribution in [0.25, 0.3) is 22.3 Å². The summed E-state index contributed by atoms with van der Waals surface area (Å²) in [6, 6.07) is 13.0. The molecule has 116 valence electrons. The summed E-state index contributed by atoms with van der Waals surface area (Å²) in [6.45, 7) is 1.98. The topological polar surface area (TPSA) is 54.9 Å². The van der Waals surface area contributed by atoms with Gasteiger partial charge < -0.3 is 5.32 Å². The molecule has 5 heteroatoms. The van der Waals surface area contributed by atoms with Crippen molar-refractivity contribution in [3.05, 3.63) is 53.7 Å². The van der Waals surface area contributed by atoms with Gasteiger partial charge in [0.1, 0.15) is 0 Å². The number of nitrogens with zero attached hydrogens (tertiary/aromatic N) is 2. The molecule has 4 nitrogen and oxygen atoms in total. The third kappa shape index (κ3) is 3.66. The van der Waals surface area contributed by atoms with Crippen molar-refractivity contribution in [2.75, 3.05) is 5.32 Å². The summed E-state index contributed by atoms with van der Waals surface area (Å²) in [4.78, 5) is 20.6. The van der Waals surface area contributed by atoms with E-state index in [0.717, 1.165) is 34.4 Å². The number of hydrogen-bond donors (Lipinski definition) is 1. The Balaban J connectivity index is 1.84. The number of halogens is 1. The number of hydrogen-bond acceptors (Lipinski definition) is 3. The van der Waals surface area contributed by atoms with Crippen LogP contribution in [0, 0.1) is 0 Å². The highest BCUT2D eigenvalue weighted by Crippen LogP contribution is 2.22. The lowest BCUT2D eigenvalue weighted by Crippen LogP contribution is -2.10. The lowest BCUT2D eigenvalue weighted by atomic mass is 10.1. The molecular weight excluding hydrogens is 310 g/mol. The van der Waals surface area contributed by atoms with Crippen molar-refractivity contribution < 1.29 is 4.79 Å². The maximum atomic E-state index is 11.6. The first-order chi connectivity index (χ1) is 11.2. The highest BCUT2D eigenvalue weighted by atomic mass is 35.5. The van der Waals surface area contributed by atoms with E-state index in [1.165, 1.54) is 0 Å². The first-order valence-electron chi connectivity index (χ1n) is 7.48. The molecule has 0 aliphatic rings. The number of benzene rings is 2. The van der Waals surface area contributed by atoms with E-state index < -0.39 is 0 Å². The lowest BCUT2D eigenvalue weighted by molar-refractivity contribution is -0.116. The fraction of sp³-hybridized carbons (Fsp3) is 0.167.